The third kappa shape index (κ3) is 2.34. The SMILES string of the molecule is O=[N+]([O-])c1cccc(-c2cn(-c3ccccc3)c3ccccc23)c1. The van der Waals surface area contributed by atoms with Gasteiger partial charge in [-0.3, -0.25) is 10.1 Å². The Morgan fingerprint density at radius 3 is 2.38 bits per heavy atom. The van der Waals surface area contributed by atoms with Crippen LogP contribution in [-0.2, 0) is 0 Å². The van der Waals surface area contributed by atoms with E-state index in [0.717, 1.165) is 27.7 Å². The molecule has 0 aliphatic rings. The minimum atomic E-state index is -0.361. The van der Waals surface area contributed by atoms with Gasteiger partial charge in [0.25, 0.3) is 5.69 Å². The average Bonchev–Trinajstić information content (AvgIpc) is 3.02. The second-order valence-electron chi connectivity index (χ2n) is 5.57. The van der Waals surface area contributed by atoms with Crippen molar-refractivity contribution in [2.45, 2.75) is 0 Å². The number of nitro benzene ring substituents is 1. The Bertz CT molecular complexity index is 1040. The lowest BCUT2D eigenvalue weighted by atomic mass is 10.0. The Morgan fingerprint density at radius 1 is 0.833 bits per heavy atom. The second-order valence-corrected chi connectivity index (χ2v) is 5.57. The topological polar surface area (TPSA) is 48.1 Å². The Balaban J connectivity index is 1.97. The molecule has 0 bridgehead atoms. The number of aromatic nitrogens is 1. The standard InChI is InChI=1S/C20H14N2O2/c23-22(24)17-10-6-7-15(13-17)19-14-21(16-8-2-1-3-9-16)20-12-5-4-11-18(19)20/h1-14H. The summed E-state index contributed by atoms with van der Waals surface area (Å²) in [6, 6.07) is 24.9. The van der Waals surface area contributed by atoms with Gasteiger partial charge in [-0.2, -0.15) is 0 Å². The van der Waals surface area contributed by atoms with Crippen LogP contribution in [0.1, 0.15) is 0 Å². The van der Waals surface area contributed by atoms with Gasteiger partial charge in [0.1, 0.15) is 0 Å². The first-order chi connectivity index (χ1) is 11.7. The summed E-state index contributed by atoms with van der Waals surface area (Å²) in [5, 5.41) is 12.1. The number of nitrogens with zero attached hydrogens (tertiary/aromatic N) is 2. The summed E-state index contributed by atoms with van der Waals surface area (Å²) < 4.78 is 2.11. The first kappa shape index (κ1) is 14.2. The zero-order valence-electron chi connectivity index (χ0n) is 12.8. The lowest BCUT2D eigenvalue weighted by Gasteiger charge is -2.04. The number of fused-ring (bicyclic) bond motifs is 1. The predicted octanol–water partition coefficient (Wildman–Crippen LogP) is 5.21. The normalized spacial score (nSPS) is 10.8. The first-order valence-electron chi connectivity index (χ1n) is 7.64. The van der Waals surface area contributed by atoms with Crippen LogP contribution >= 0.6 is 0 Å². The van der Waals surface area contributed by atoms with Gasteiger partial charge in [0.2, 0.25) is 0 Å². The van der Waals surface area contributed by atoms with Crippen LogP contribution in [0.3, 0.4) is 0 Å². The molecule has 24 heavy (non-hydrogen) atoms. The molecule has 0 unspecified atom stereocenters. The Morgan fingerprint density at radius 2 is 1.58 bits per heavy atom. The molecular formula is C20H14N2O2. The van der Waals surface area contributed by atoms with Crippen LogP contribution in [0, 0.1) is 10.1 Å². The fourth-order valence-corrected chi connectivity index (χ4v) is 3.00. The maximum Gasteiger partial charge on any atom is 0.270 e. The molecule has 0 radical (unpaired) electrons. The largest absolute Gasteiger partial charge is 0.316 e. The third-order valence-electron chi connectivity index (χ3n) is 4.11. The van der Waals surface area contributed by atoms with Gasteiger partial charge >= 0.3 is 0 Å². The summed E-state index contributed by atoms with van der Waals surface area (Å²) in [7, 11) is 0. The Hall–Kier alpha value is -3.40. The number of non-ortho nitro benzene ring substituents is 1. The van der Waals surface area contributed by atoms with Gasteiger partial charge in [0.05, 0.1) is 10.4 Å². The average molecular weight is 314 g/mol. The number of rotatable bonds is 3. The van der Waals surface area contributed by atoms with E-state index in [2.05, 4.69) is 10.6 Å². The van der Waals surface area contributed by atoms with Gasteiger partial charge in [-0.25, -0.2) is 0 Å². The summed E-state index contributed by atoms with van der Waals surface area (Å²) >= 11 is 0. The van der Waals surface area contributed by atoms with E-state index in [0.29, 0.717) is 0 Å². The second kappa shape index (κ2) is 5.66. The third-order valence-corrected chi connectivity index (χ3v) is 4.11. The van der Waals surface area contributed by atoms with Gasteiger partial charge < -0.3 is 4.57 Å². The minimum Gasteiger partial charge on any atom is -0.316 e. The number of benzene rings is 3. The Labute approximate surface area is 138 Å². The molecule has 0 fully saturated rings. The molecular weight excluding hydrogens is 300 g/mol. The number of hydrogen-bond acceptors (Lipinski definition) is 2. The molecule has 116 valence electrons. The molecule has 0 saturated carbocycles. The van der Waals surface area contributed by atoms with Crippen LogP contribution in [0.4, 0.5) is 5.69 Å². The zero-order chi connectivity index (χ0) is 16.5. The van der Waals surface area contributed by atoms with E-state index in [4.69, 9.17) is 0 Å². The van der Waals surface area contributed by atoms with E-state index >= 15 is 0 Å². The monoisotopic (exact) mass is 314 g/mol. The lowest BCUT2D eigenvalue weighted by Crippen LogP contribution is -1.90. The van der Waals surface area contributed by atoms with Crippen molar-refractivity contribution in [2.24, 2.45) is 0 Å². The van der Waals surface area contributed by atoms with E-state index in [1.807, 2.05) is 60.8 Å². The molecule has 3 aromatic carbocycles. The van der Waals surface area contributed by atoms with Crippen LogP contribution in [-0.4, -0.2) is 9.49 Å². The highest BCUT2D eigenvalue weighted by Gasteiger charge is 2.13. The highest BCUT2D eigenvalue weighted by Crippen LogP contribution is 2.33. The van der Waals surface area contributed by atoms with Crippen molar-refractivity contribution in [2.75, 3.05) is 0 Å². The molecule has 4 aromatic rings. The zero-order valence-corrected chi connectivity index (χ0v) is 12.8. The lowest BCUT2D eigenvalue weighted by molar-refractivity contribution is -0.384. The van der Waals surface area contributed by atoms with Crippen LogP contribution in [0.15, 0.2) is 85.1 Å². The molecule has 4 rings (SSSR count). The van der Waals surface area contributed by atoms with Crippen LogP contribution in [0.2, 0.25) is 0 Å². The highest BCUT2D eigenvalue weighted by molar-refractivity contribution is 5.97. The van der Waals surface area contributed by atoms with E-state index < -0.39 is 0 Å². The van der Waals surface area contributed by atoms with Crippen molar-refractivity contribution in [1.29, 1.82) is 0 Å². The molecule has 0 aliphatic carbocycles. The summed E-state index contributed by atoms with van der Waals surface area (Å²) in [5.74, 6) is 0. The molecule has 0 atom stereocenters. The van der Waals surface area contributed by atoms with Crippen LogP contribution in [0.25, 0.3) is 27.7 Å². The maximum absolute atomic E-state index is 11.1. The molecule has 0 saturated heterocycles. The molecule has 0 N–H and O–H groups in total. The van der Waals surface area contributed by atoms with Crippen molar-refractivity contribution >= 4 is 16.6 Å². The van der Waals surface area contributed by atoms with Crippen molar-refractivity contribution < 1.29 is 4.92 Å². The van der Waals surface area contributed by atoms with Gasteiger partial charge in [0, 0.05) is 35.0 Å². The fourth-order valence-electron chi connectivity index (χ4n) is 3.00. The number of hydrogen-bond donors (Lipinski definition) is 0. The van der Waals surface area contributed by atoms with Gasteiger partial charge in [0.15, 0.2) is 0 Å². The molecule has 0 amide bonds. The summed E-state index contributed by atoms with van der Waals surface area (Å²) in [6.45, 7) is 0. The highest BCUT2D eigenvalue weighted by atomic mass is 16.6. The summed E-state index contributed by atoms with van der Waals surface area (Å²) in [6.07, 6.45) is 2.04. The van der Waals surface area contributed by atoms with Crippen molar-refractivity contribution in [3.63, 3.8) is 0 Å². The van der Waals surface area contributed by atoms with Gasteiger partial charge in [-0.15, -0.1) is 0 Å². The van der Waals surface area contributed by atoms with E-state index in [1.165, 1.54) is 6.07 Å². The van der Waals surface area contributed by atoms with Crippen LogP contribution < -0.4 is 0 Å². The summed E-state index contributed by atoms with van der Waals surface area (Å²) in [4.78, 5) is 10.7. The maximum atomic E-state index is 11.1. The predicted molar refractivity (Wildman–Crippen MR) is 95.4 cm³/mol. The van der Waals surface area contributed by atoms with Crippen molar-refractivity contribution in [3.05, 3.63) is 95.2 Å². The minimum absolute atomic E-state index is 0.101. The summed E-state index contributed by atoms with van der Waals surface area (Å²) in [5.41, 5.74) is 4.06. The van der Waals surface area contributed by atoms with Gasteiger partial charge in [-0.1, -0.05) is 48.5 Å². The first-order valence-corrected chi connectivity index (χ1v) is 7.64. The van der Waals surface area contributed by atoms with E-state index in [9.17, 15) is 10.1 Å². The Kier molecular flexibility index (Phi) is 3.35. The van der Waals surface area contributed by atoms with Crippen LogP contribution in [0.5, 0.6) is 0 Å². The molecule has 1 heterocycles. The van der Waals surface area contributed by atoms with Crippen molar-refractivity contribution in [3.8, 4) is 16.8 Å². The molecule has 0 aliphatic heterocycles. The number of nitro groups is 1. The molecule has 0 spiro atoms. The van der Waals surface area contributed by atoms with Gasteiger partial charge in [-0.05, 0) is 23.8 Å². The van der Waals surface area contributed by atoms with Crippen molar-refractivity contribution in [1.82, 2.24) is 4.57 Å². The fraction of sp³-hybridized carbons (Fsp3) is 0. The van der Waals surface area contributed by atoms with E-state index in [1.54, 1.807) is 12.1 Å². The van der Waals surface area contributed by atoms with E-state index in [-0.39, 0.29) is 10.6 Å². The molecule has 1 aromatic heterocycles. The molecule has 4 nitrogen and oxygen atoms in total. The smallest absolute Gasteiger partial charge is 0.270 e. The molecule has 4 heteroatoms. The number of para-hydroxylation sites is 2. The quantitative estimate of drug-likeness (QED) is 0.385.